The van der Waals surface area contributed by atoms with Crippen molar-refractivity contribution in [2.75, 3.05) is 11.9 Å². The van der Waals surface area contributed by atoms with Crippen LogP contribution in [0.5, 0.6) is 0 Å². The number of aliphatic hydroxyl groups is 1. The van der Waals surface area contributed by atoms with Gasteiger partial charge in [0.1, 0.15) is 11.8 Å². The third-order valence-electron chi connectivity index (χ3n) is 5.42. The van der Waals surface area contributed by atoms with Gasteiger partial charge in [-0.25, -0.2) is 18.3 Å². The van der Waals surface area contributed by atoms with Gasteiger partial charge in [0.2, 0.25) is 0 Å². The van der Waals surface area contributed by atoms with Crippen molar-refractivity contribution in [2.45, 2.75) is 51.7 Å². The van der Waals surface area contributed by atoms with E-state index < -0.39 is 29.9 Å². The number of nitrogens with one attached hydrogen (secondary N) is 2. The molecule has 196 valence electrons. The molecule has 4 heterocycles. The van der Waals surface area contributed by atoms with Gasteiger partial charge in [-0.2, -0.15) is 10.2 Å². The summed E-state index contributed by atoms with van der Waals surface area (Å²) in [5.74, 6) is -0.636. The summed E-state index contributed by atoms with van der Waals surface area (Å²) < 4.78 is 31.4. The number of hydrogen-bond acceptors (Lipinski definition) is 7. The van der Waals surface area contributed by atoms with Crippen LogP contribution in [0.25, 0.3) is 16.9 Å². The number of pyridine rings is 1. The minimum absolute atomic E-state index is 0.0368. The summed E-state index contributed by atoms with van der Waals surface area (Å²) in [4.78, 5) is 22.1. The molecule has 0 radical (unpaired) electrons. The minimum atomic E-state index is -1.71. The molecule has 0 aliphatic rings. The van der Waals surface area contributed by atoms with Crippen LogP contribution in [0.2, 0.25) is 5.02 Å². The third-order valence-corrected chi connectivity index (χ3v) is 5.61. The first-order valence-corrected chi connectivity index (χ1v) is 11.8. The van der Waals surface area contributed by atoms with E-state index in [1.165, 1.54) is 61.7 Å². The van der Waals surface area contributed by atoms with Crippen molar-refractivity contribution in [2.24, 2.45) is 0 Å². The molecule has 0 aromatic carbocycles. The molecule has 0 saturated heterocycles. The molecule has 3 N–H and O–H groups in total. The molecule has 10 nitrogen and oxygen atoms in total. The smallest absolute Gasteiger partial charge is 0.255 e. The highest BCUT2D eigenvalue weighted by molar-refractivity contribution is 6.30. The summed E-state index contributed by atoms with van der Waals surface area (Å²) in [6, 6.07) is 1.58. The van der Waals surface area contributed by atoms with Crippen molar-refractivity contribution in [1.82, 2.24) is 34.7 Å². The van der Waals surface area contributed by atoms with E-state index in [9.17, 15) is 18.7 Å². The molecule has 0 fully saturated rings. The van der Waals surface area contributed by atoms with Crippen LogP contribution in [0.4, 0.5) is 20.2 Å². The van der Waals surface area contributed by atoms with Crippen LogP contribution in [-0.4, -0.2) is 64.4 Å². The second-order valence-corrected chi connectivity index (χ2v) is 10.2. The Kier molecular flexibility index (Phi) is 7.16. The molecular formula is C24H27ClF2N8O2. The van der Waals surface area contributed by atoms with Gasteiger partial charge in [-0.1, -0.05) is 11.6 Å². The van der Waals surface area contributed by atoms with E-state index in [-0.39, 0.29) is 17.8 Å². The molecule has 4 aromatic heterocycles. The van der Waals surface area contributed by atoms with Crippen LogP contribution < -0.4 is 10.6 Å². The molecule has 0 aliphatic heterocycles. The van der Waals surface area contributed by atoms with Gasteiger partial charge in [-0.3, -0.25) is 14.5 Å². The van der Waals surface area contributed by atoms with E-state index in [0.29, 0.717) is 27.6 Å². The summed E-state index contributed by atoms with van der Waals surface area (Å²) in [5, 5.41) is 24.4. The van der Waals surface area contributed by atoms with Gasteiger partial charge in [0.05, 0.1) is 70.5 Å². The number of alkyl halides is 2. The van der Waals surface area contributed by atoms with E-state index in [2.05, 4.69) is 30.8 Å². The molecule has 4 rings (SSSR count). The molecule has 1 unspecified atom stereocenters. The van der Waals surface area contributed by atoms with Gasteiger partial charge in [-0.15, -0.1) is 0 Å². The summed E-state index contributed by atoms with van der Waals surface area (Å²) in [5.41, 5.74) is -1.09. The molecule has 13 heteroatoms. The number of rotatable bonds is 9. The number of nitrogens with zero attached hydrogens (tertiary/aromatic N) is 6. The SMILES string of the molecule is CC(C)(F)Cn1cc(Nc2ccnc(-c3cnn4cc(Cl)cnc34)c2C(=O)NCC(F)C(C)(C)O)cn1. The lowest BCUT2D eigenvalue weighted by atomic mass is 10.0. The van der Waals surface area contributed by atoms with Gasteiger partial charge >= 0.3 is 0 Å². The number of halogens is 3. The number of hydrogen-bond donors (Lipinski definition) is 3. The van der Waals surface area contributed by atoms with Crippen molar-refractivity contribution in [1.29, 1.82) is 0 Å². The van der Waals surface area contributed by atoms with Gasteiger partial charge in [-0.05, 0) is 33.8 Å². The number of carbonyl (C=O) groups is 1. The largest absolute Gasteiger partial charge is 0.387 e. The van der Waals surface area contributed by atoms with E-state index in [4.69, 9.17) is 11.6 Å². The quantitative estimate of drug-likeness (QED) is 0.298. The third kappa shape index (κ3) is 6.20. The normalized spacial score (nSPS) is 13.1. The van der Waals surface area contributed by atoms with Crippen LogP contribution in [0.15, 0.2) is 43.2 Å². The standard InChI is InChI=1S/C24H27ClF2N8O2/c1-23(2,27)13-34-12-15(8-31-34)33-17-5-6-28-20(16-9-32-35-11-14(25)7-29-21(16)35)19(17)22(36)30-10-18(26)24(3,4)37/h5-9,11-12,18,37H,10,13H2,1-4H3,(H,28,33)(H,30,36). The fourth-order valence-corrected chi connectivity index (χ4v) is 3.74. The first-order valence-electron chi connectivity index (χ1n) is 11.4. The number of fused-ring (bicyclic) bond motifs is 1. The first kappa shape index (κ1) is 26.4. The summed E-state index contributed by atoms with van der Waals surface area (Å²) in [7, 11) is 0. The highest BCUT2D eigenvalue weighted by Gasteiger charge is 2.29. The van der Waals surface area contributed by atoms with Crippen molar-refractivity contribution >= 4 is 34.5 Å². The topological polar surface area (TPSA) is 122 Å². The van der Waals surface area contributed by atoms with Crippen LogP contribution in [0, 0.1) is 0 Å². The van der Waals surface area contributed by atoms with E-state index >= 15 is 0 Å². The lowest BCUT2D eigenvalue weighted by Crippen LogP contribution is -2.42. The van der Waals surface area contributed by atoms with Crippen molar-refractivity contribution in [3.63, 3.8) is 0 Å². The molecule has 0 aliphatic carbocycles. The Morgan fingerprint density at radius 3 is 2.62 bits per heavy atom. The summed E-state index contributed by atoms with van der Waals surface area (Å²) >= 11 is 6.02. The number of aromatic nitrogens is 6. The Morgan fingerprint density at radius 1 is 1.16 bits per heavy atom. The fraction of sp³-hybridized carbons (Fsp3) is 0.375. The Balaban J connectivity index is 1.74. The molecule has 37 heavy (non-hydrogen) atoms. The second kappa shape index (κ2) is 10.0. The van der Waals surface area contributed by atoms with Crippen LogP contribution in [0.1, 0.15) is 38.1 Å². The molecule has 1 amide bonds. The summed E-state index contributed by atoms with van der Waals surface area (Å²) in [6.07, 6.45) is 7.40. The maximum atomic E-state index is 14.4. The van der Waals surface area contributed by atoms with E-state index in [0.717, 1.165) is 0 Å². The second-order valence-electron chi connectivity index (χ2n) is 9.78. The molecule has 0 saturated carbocycles. The number of carbonyl (C=O) groups excluding carboxylic acids is 1. The lowest BCUT2D eigenvalue weighted by Gasteiger charge is -2.23. The van der Waals surface area contributed by atoms with Crippen molar-refractivity contribution in [3.05, 3.63) is 53.8 Å². The van der Waals surface area contributed by atoms with Crippen molar-refractivity contribution in [3.8, 4) is 11.3 Å². The average Bonchev–Trinajstić information content (AvgIpc) is 3.41. The minimum Gasteiger partial charge on any atom is -0.387 e. The first-order chi connectivity index (χ1) is 17.3. The maximum absolute atomic E-state index is 14.4. The van der Waals surface area contributed by atoms with Crippen molar-refractivity contribution < 1.29 is 18.7 Å². The molecule has 0 bridgehead atoms. The lowest BCUT2D eigenvalue weighted by molar-refractivity contribution is -0.00177. The van der Waals surface area contributed by atoms with Gasteiger partial charge in [0, 0.05) is 18.6 Å². The Bertz CT molecular complexity index is 1420. The van der Waals surface area contributed by atoms with Gasteiger partial charge in [0.15, 0.2) is 5.65 Å². The Morgan fingerprint density at radius 2 is 1.92 bits per heavy atom. The van der Waals surface area contributed by atoms with Crippen LogP contribution >= 0.6 is 11.6 Å². The predicted octanol–water partition coefficient (Wildman–Crippen LogP) is 3.97. The number of amides is 1. The molecule has 0 spiro atoms. The maximum Gasteiger partial charge on any atom is 0.255 e. The summed E-state index contributed by atoms with van der Waals surface area (Å²) in [6.45, 7) is 5.14. The predicted molar refractivity (Wildman–Crippen MR) is 135 cm³/mol. The fourth-order valence-electron chi connectivity index (χ4n) is 3.59. The Hall–Kier alpha value is -3.64. The molecule has 4 aromatic rings. The molecule has 1 atom stereocenters. The monoisotopic (exact) mass is 532 g/mol. The van der Waals surface area contributed by atoms with Crippen LogP contribution in [0.3, 0.4) is 0 Å². The van der Waals surface area contributed by atoms with Gasteiger partial charge in [0.25, 0.3) is 5.91 Å². The van der Waals surface area contributed by atoms with Gasteiger partial charge < -0.3 is 15.7 Å². The zero-order chi connectivity index (χ0) is 27.0. The zero-order valence-corrected chi connectivity index (χ0v) is 21.5. The highest BCUT2D eigenvalue weighted by atomic mass is 35.5. The van der Waals surface area contributed by atoms with Crippen LogP contribution in [-0.2, 0) is 6.54 Å². The highest BCUT2D eigenvalue weighted by Crippen LogP contribution is 2.31. The van der Waals surface area contributed by atoms with E-state index in [1.54, 1.807) is 18.5 Å². The Labute approximate surface area is 216 Å². The average molecular weight is 533 g/mol. The number of anilines is 2. The zero-order valence-electron chi connectivity index (χ0n) is 20.7. The molecular weight excluding hydrogens is 506 g/mol. The van der Waals surface area contributed by atoms with E-state index in [1.807, 2.05) is 0 Å².